The molecule has 0 aromatic heterocycles. The van der Waals surface area contributed by atoms with Crippen molar-refractivity contribution in [1.82, 2.24) is 5.32 Å². The molecular formula is C17H27NO6. The Kier molecular flexibility index (Phi) is 8.29. The average molecular weight is 341 g/mol. The second kappa shape index (κ2) is 9.95. The molecule has 1 unspecified atom stereocenters. The van der Waals surface area contributed by atoms with E-state index in [4.69, 9.17) is 9.47 Å². The quantitative estimate of drug-likeness (QED) is 0.371. The molecule has 1 aliphatic rings. The summed E-state index contributed by atoms with van der Waals surface area (Å²) in [5.74, 6) is -0.266. The van der Waals surface area contributed by atoms with E-state index in [1.807, 2.05) is 6.08 Å². The standard InChI is InChI=1S/C17H27NO6/c1-5-7-12-13(15(12)16(20)23-6-2)9-8-11(3)24-17(21)18-10-14(19)22-4/h5,11-13,15H,1,6-10H2,2-4H3,(H,18,21)/t11?,12-,13+,15+/m0/s1. The first-order valence-electron chi connectivity index (χ1n) is 8.23. The van der Waals surface area contributed by atoms with E-state index in [-0.39, 0.29) is 36.4 Å². The molecule has 136 valence electrons. The zero-order valence-electron chi connectivity index (χ0n) is 14.6. The molecule has 0 aliphatic heterocycles. The summed E-state index contributed by atoms with van der Waals surface area (Å²) in [6.07, 6.45) is 3.04. The van der Waals surface area contributed by atoms with Crippen molar-refractivity contribution in [3.63, 3.8) is 0 Å². The van der Waals surface area contributed by atoms with Crippen LogP contribution >= 0.6 is 0 Å². The van der Waals surface area contributed by atoms with Gasteiger partial charge in [0.15, 0.2) is 0 Å². The molecule has 24 heavy (non-hydrogen) atoms. The lowest BCUT2D eigenvalue weighted by Gasteiger charge is -2.13. The number of nitrogens with one attached hydrogen (secondary N) is 1. The monoisotopic (exact) mass is 341 g/mol. The van der Waals surface area contributed by atoms with Gasteiger partial charge in [-0.1, -0.05) is 6.08 Å². The lowest BCUT2D eigenvalue weighted by Crippen LogP contribution is -2.32. The fraction of sp³-hybridized carbons (Fsp3) is 0.706. The van der Waals surface area contributed by atoms with E-state index in [9.17, 15) is 14.4 Å². The van der Waals surface area contributed by atoms with Crippen molar-refractivity contribution in [3.8, 4) is 0 Å². The molecule has 1 amide bonds. The fourth-order valence-electron chi connectivity index (χ4n) is 2.87. The van der Waals surface area contributed by atoms with Crippen LogP contribution in [0.1, 0.15) is 33.1 Å². The van der Waals surface area contributed by atoms with E-state index in [0.717, 1.165) is 12.8 Å². The van der Waals surface area contributed by atoms with Gasteiger partial charge in [-0.2, -0.15) is 0 Å². The summed E-state index contributed by atoms with van der Waals surface area (Å²) in [6.45, 7) is 7.45. The second-order valence-corrected chi connectivity index (χ2v) is 5.85. The minimum absolute atomic E-state index is 0.0803. The van der Waals surface area contributed by atoms with Crippen molar-refractivity contribution in [2.24, 2.45) is 17.8 Å². The molecular weight excluding hydrogens is 314 g/mol. The van der Waals surface area contributed by atoms with Gasteiger partial charge in [-0.15, -0.1) is 6.58 Å². The Balaban J connectivity index is 2.33. The SMILES string of the molecule is C=CC[C@H]1[C@@H](CCC(C)OC(=O)NCC(=O)OC)[C@@H]1C(=O)OCC. The van der Waals surface area contributed by atoms with Gasteiger partial charge in [0, 0.05) is 0 Å². The third kappa shape index (κ3) is 6.22. The minimum atomic E-state index is -0.659. The Labute approximate surface area is 142 Å². The van der Waals surface area contributed by atoms with Crippen LogP contribution in [0, 0.1) is 17.8 Å². The first kappa shape index (κ1) is 20.0. The zero-order valence-corrected chi connectivity index (χ0v) is 14.6. The largest absolute Gasteiger partial charge is 0.468 e. The number of alkyl carbamates (subject to hydrolysis) is 1. The molecule has 0 heterocycles. The van der Waals surface area contributed by atoms with Gasteiger partial charge in [0.05, 0.1) is 19.6 Å². The summed E-state index contributed by atoms with van der Waals surface area (Å²) in [5, 5.41) is 2.32. The van der Waals surface area contributed by atoms with Gasteiger partial charge >= 0.3 is 18.0 Å². The summed E-state index contributed by atoms with van der Waals surface area (Å²) in [7, 11) is 1.24. The van der Waals surface area contributed by atoms with Crippen molar-refractivity contribution in [2.45, 2.75) is 39.2 Å². The van der Waals surface area contributed by atoms with Crippen LogP contribution in [-0.4, -0.2) is 44.4 Å². The molecule has 1 fully saturated rings. The van der Waals surface area contributed by atoms with Crippen LogP contribution in [0.4, 0.5) is 4.79 Å². The third-order valence-electron chi connectivity index (χ3n) is 4.15. The first-order chi connectivity index (χ1) is 11.4. The van der Waals surface area contributed by atoms with E-state index in [2.05, 4.69) is 16.6 Å². The van der Waals surface area contributed by atoms with Gasteiger partial charge in [0.2, 0.25) is 0 Å². The van der Waals surface area contributed by atoms with Gasteiger partial charge in [-0.3, -0.25) is 9.59 Å². The summed E-state index contributed by atoms with van der Waals surface area (Å²) in [4.78, 5) is 34.4. The summed E-state index contributed by atoms with van der Waals surface area (Å²) < 4.78 is 14.7. The van der Waals surface area contributed by atoms with E-state index in [0.29, 0.717) is 13.0 Å². The molecule has 1 saturated carbocycles. The maximum atomic E-state index is 11.9. The molecule has 7 nitrogen and oxygen atoms in total. The number of carbonyl (C=O) groups excluding carboxylic acids is 3. The molecule has 0 spiro atoms. The number of amides is 1. The molecule has 1 rings (SSSR count). The lowest BCUT2D eigenvalue weighted by molar-refractivity contribution is -0.145. The number of hydrogen-bond acceptors (Lipinski definition) is 6. The number of rotatable bonds is 10. The number of allylic oxidation sites excluding steroid dienone is 1. The number of hydrogen-bond donors (Lipinski definition) is 1. The Morgan fingerprint density at radius 2 is 2.00 bits per heavy atom. The van der Waals surface area contributed by atoms with Crippen molar-refractivity contribution in [1.29, 1.82) is 0 Å². The van der Waals surface area contributed by atoms with Crippen LogP contribution in [0.3, 0.4) is 0 Å². The number of methoxy groups -OCH3 is 1. The maximum absolute atomic E-state index is 11.9. The number of ether oxygens (including phenoxy) is 3. The molecule has 1 N–H and O–H groups in total. The van der Waals surface area contributed by atoms with Gasteiger partial charge in [0.1, 0.15) is 12.6 Å². The van der Waals surface area contributed by atoms with E-state index < -0.39 is 12.1 Å². The molecule has 7 heteroatoms. The average Bonchev–Trinajstić information content (AvgIpc) is 3.24. The van der Waals surface area contributed by atoms with Crippen LogP contribution in [0.5, 0.6) is 0 Å². The predicted molar refractivity (Wildman–Crippen MR) is 87.1 cm³/mol. The molecule has 0 saturated heterocycles. The highest BCUT2D eigenvalue weighted by Crippen LogP contribution is 2.52. The van der Waals surface area contributed by atoms with Crippen LogP contribution < -0.4 is 5.32 Å². The normalized spacial score (nSPS) is 22.9. The van der Waals surface area contributed by atoms with E-state index >= 15 is 0 Å². The Hall–Kier alpha value is -2.05. The van der Waals surface area contributed by atoms with Crippen molar-refractivity contribution in [2.75, 3.05) is 20.3 Å². The third-order valence-corrected chi connectivity index (χ3v) is 4.15. The van der Waals surface area contributed by atoms with Gasteiger partial charge < -0.3 is 19.5 Å². The zero-order chi connectivity index (χ0) is 18.1. The van der Waals surface area contributed by atoms with Crippen molar-refractivity contribution >= 4 is 18.0 Å². The Morgan fingerprint density at radius 1 is 1.29 bits per heavy atom. The van der Waals surface area contributed by atoms with Crippen LogP contribution in [-0.2, 0) is 23.8 Å². The summed E-state index contributed by atoms with van der Waals surface area (Å²) >= 11 is 0. The lowest BCUT2D eigenvalue weighted by atomic mass is 10.1. The Morgan fingerprint density at radius 3 is 2.58 bits per heavy atom. The molecule has 0 aromatic rings. The first-order valence-corrected chi connectivity index (χ1v) is 8.23. The summed E-state index contributed by atoms with van der Waals surface area (Å²) in [6, 6.07) is 0. The van der Waals surface area contributed by atoms with Crippen LogP contribution in [0.15, 0.2) is 12.7 Å². The van der Waals surface area contributed by atoms with E-state index in [1.54, 1.807) is 13.8 Å². The van der Waals surface area contributed by atoms with Gasteiger partial charge in [-0.25, -0.2) is 4.79 Å². The van der Waals surface area contributed by atoms with E-state index in [1.165, 1.54) is 7.11 Å². The van der Waals surface area contributed by atoms with Crippen LogP contribution in [0.25, 0.3) is 0 Å². The highest BCUT2D eigenvalue weighted by atomic mass is 16.6. The van der Waals surface area contributed by atoms with Gasteiger partial charge in [-0.05, 0) is 44.9 Å². The number of carbonyl (C=O) groups is 3. The Bertz CT molecular complexity index is 464. The molecule has 1 aliphatic carbocycles. The smallest absolute Gasteiger partial charge is 0.407 e. The molecule has 0 aromatic carbocycles. The molecule has 0 bridgehead atoms. The van der Waals surface area contributed by atoms with Crippen LogP contribution in [0.2, 0.25) is 0 Å². The van der Waals surface area contributed by atoms with Crippen molar-refractivity contribution < 1.29 is 28.6 Å². The highest BCUT2D eigenvalue weighted by Gasteiger charge is 2.54. The van der Waals surface area contributed by atoms with Gasteiger partial charge in [0.25, 0.3) is 0 Å². The minimum Gasteiger partial charge on any atom is -0.468 e. The number of esters is 2. The maximum Gasteiger partial charge on any atom is 0.407 e. The van der Waals surface area contributed by atoms with Crippen molar-refractivity contribution in [3.05, 3.63) is 12.7 Å². The highest BCUT2D eigenvalue weighted by molar-refractivity contribution is 5.78. The predicted octanol–water partition coefficient (Wildman–Crippen LogP) is 2.06. The summed E-state index contributed by atoms with van der Waals surface area (Å²) in [5.41, 5.74) is 0. The topological polar surface area (TPSA) is 90.9 Å². The molecule has 0 radical (unpaired) electrons. The fourth-order valence-corrected chi connectivity index (χ4v) is 2.87. The second-order valence-electron chi connectivity index (χ2n) is 5.85. The molecule has 4 atom stereocenters.